The molecule has 0 aliphatic carbocycles. The lowest BCUT2D eigenvalue weighted by atomic mass is 10.0. The number of rotatable bonds is 27. The van der Waals surface area contributed by atoms with Crippen LogP contribution in [0.4, 0.5) is 0 Å². The van der Waals surface area contributed by atoms with Crippen LogP contribution in [0.3, 0.4) is 0 Å². The number of amides is 5. The third-order valence-electron chi connectivity index (χ3n) is 7.88. The van der Waals surface area contributed by atoms with E-state index in [-0.39, 0.29) is 38.0 Å². The van der Waals surface area contributed by atoms with E-state index in [0.717, 1.165) is 0 Å². The first kappa shape index (κ1) is 47.7. The predicted molar refractivity (Wildman–Crippen MR) is 188 cm³/mol. The fourth-order valence-corrected chi connectivity index (χ4v) is 4.91. The summed E-state index contributed by atoms with van der Waals surface area (Å²) in [5.74, 6) is -13.4. The Labute approximate surface area is 318 Å². The van der Waals surface area contributed by atoms with Gasteiger partial charge in [0, 0.05) is 19.3 Å². The standard InChI is InChI=1S/C33H47N7O16/c34-12-2-1-3-19(29(51)39-22(14-26(46)47)32(54)40-23(33(55)56)15-27(48)49)37-31(53)21(13-16-4-6-17(41)7-5-16)38-30(52)20(9-11-25(44)45)36-28(50)18(35)8-10-24(42)43/h4-7,18-23,41H,1-3,8-15,34-35H2,(H,36,50)(H,37,53)(H,38,52)(H,39,51)(H,40,54)(H,42,43)(H,44,45)(H,46,47)(H,48,49)(H,55,56)/t18-,19-,20-,21-,22-,23-/m0/s1. The van der Waals surface area contributed by atoms with Crippen molar-refractivity contribution in [2.24, 2.45) is 11.5 Å². The van der Waals surface area contributed by atoms with Crippen molar-refractivity contribution in [3.63, 3.8) is 0 Å². The minimum absolute atomic E-state index is 0.148. The van der Waals surface area contributed by atoms with Gasteiger partial charge in [-0.05, 0) is 56.3 Å². The van der Waals surface area contributed by atoms with E-state index in [9.17, 15) is 68.4 Å². The number of hydrogen-bond donors (Lipinski definition) is 13. The van der Waals surface area contributed by atoms with Crippen LogP contribution in [0.2, 0.25) is 0 Å². The lowest BCUT2D eigenvalue weighted by molar-refractivity contribution is -0.148. The number of carboxylic acids is 5. The molecule has 6 atom stereocenters. The van der Waals surface area contributed by atoms with Crippen molar-refractivity contribution in [1.29, 1.82) is 0 Å². The molecule has 0 unspecified atom stereocenters. The van der Waals surface area contributed by atoms with Crippen LogP contribution in [0.15, 0.2) is 24.3 Å². The summed E-state index contributed by atoms with van der Waals surface area (Å²) in [4.78, 5) is 123. The monoisotopic (exact) mass is 797 g/mol. The number of phenols is 1. The summed E-state index contributed by atoms with van der Waals surface area (Å²) < 4.78 is 0. The van der Waals surface area contributed by atoms with Gasteiger partial charge in [0.05, 0.1) is 18.9 Å². The summed E-state index contributed by atoms with van der Waals surface area (Å²) in [6, 6.07) is -4.81. The third kappa shape index (κ3) is 18.6. The average Bonchev–Trinajstić information content (AvgIpc) is 3.11. The van der Waals surface area contributed by atoms with Crippen molar-refractivity contribution < 1.29 is 78.6 Å². The molecule has 0 saturated heterocycles. The van der Waals surface area contributed by atoms with Gasteiger partial charge in [-0.25, -0.2) is 4.79 Å². The van der Waals surface area contributed by atoms with Gasteiger partial charge in [0.25, 0.3) is 0 Å². The molecule has 0 aliphatic heterocycles. The van der Waals surface area contributed by atoms with Gasteiger partial charge >= 0.3 is 29.8 Å². The maximum Gasteiger partial charge on any atom is 0.326 e. The van der Waals surface area contributed by atoms with Crippen molar-refractivity contribution in [1.82, 2.24) is 26.6 Å². The number of benzene rings is 1. The SMILES string of the molecule is NCCCC[C@H](NC(=O)[C@H](Cc1ccc(O)cc1)NC(=O)[C@H](CCC(=O)O)NC(=O)[C@@H](N)CCC(=O)O)C(=O)N[C@@H](CC(=O)O)C(=O)N[C@@H](CC(=O)O)C(=O)O. The first-order valence-corrected chi connectivity index (χ1v) is 17.1. The third-order valence-corrected chi connectivity index (χ3v) is 7.88. The second-order valence-corrected chi connectivity index (χ2v) is 12.5. The zero-order valence-corrected chi connectivity index (χ0v) is 30.0. The molecule has 1 rings (SSSR count). The van der Waals surface area contributed by atoms with Gasteiger partial charge in [-0.2, -0.15) is 0 Å². The molecule has 1 aromatic rings. The zero-order valence-electron chi connectivity index (χ0n) is 30.0. The summed E-state index contributed by atoms with van der Waals surface area (Å²) in [5.41, 5.74) is 11.7. The maximum absolute atomic E-state index is 13.9. The molecule has 23 nitrogen and oxygen atoms in total. The summed E-state index contributed by atoms with van der Waals surface area (Å²) in [7, 11) is 0. The van der Waals surface area contributed by atoms with Gasteiger partial charge in [0.2, 0.25) is 29.5 Å². The number of aliphatic carboxylic acids is 5. The highest BCUT2D eigenvalue weighted by molar-refractivity contribution is 5.97. The number of unbranched alkanes of at least 4 members (excludes halogenated alkanes) is 1. The molecule has 0 radical (unpaired) electrons. The molecule has 0 spiro atoms. The van der Waals surface area contributed by atoms with Crippen LogP contribution >= 0.6 is 0 Å². The maximum atomic E-state index is 13.9. The second-order valence-electron chi connectivity index (χ2n) is 12.5. The molecule has 56 heavy (non-hydrogen) atoms. The summed E-state index contributed by atoms with van der Waals surface area (Å²) >= 11 is 0. The number of aromatic hydroxyl groups is 1. The topological polar surface area (TPSA) is 404 Å². The van der Waals surface area contributed by atoms with Gasteiger partial charge in [0.15, 0.2) is 0 Å². The number of phenolic OH excluding ortho intramolecular Hbond substituents is 1. The van der Waals surface area contributed by atoms with Gasteiger partial charge in [-0.3, -0.25) is 43.2 Å². The van der Waals surface area contributed by atoms with Crippen molar-refractivity contribution in [2.45, 2.75) is 100 Å². The normalized spacial score (nSPS) is 14.0. The van der Waals surface area contributed by atoms with E-state index in [1.807, 2.05) is 5.32 Å². The quantitative estimate of drug-likeness (QED) is 0.0385. The van der Waals surface area contributed by atoms with Crippen molar-refractivity contribution in [3.8, 4) is 5.75 Å². The highest BCUT2D eigenvalue weighted by Crippen LogP contribution is 2.13. The smallest absolute Gasteiger partial charge is 0.326 e. The minimum atomic E-state index is -2.00. The Balaban J connectivity index is 3.46. The number of carbonyl (C=O) groups is 10. The highest BCUT2D eigenvalue weighted by Gasteiger charge is 2.34. The van der Waals surface area contributed by atoms with Crippen LogP contribution in [0.25, 0.3) is 0 Å². The lowest BCUT2D eigenvalue weighted by Crippen LogP contribution is -2.60. The number of carbonyl (C=O) groups excluding carboxylic acids is 5. The van der Waals surface area contributed by atoms with Crippen LogP contribution in [0.5, 0.6) is 5.75 Å². The molecule has 1 aromatic carbocycles. The molecule has 0 aromatic heterocycles. The van der Waals surface area contributed by atoms with Gasteiger partial charge in [0.1, 0.15) is 36.0 Å². The Morgan fingerprint density at radius 2 is 0.946 bits per heavy atom. The molecule has 0 bridgehead atoms. The molecule has 0 aliphatic rings. The van der Waals surface area contributed by atoms with Crippen LogP contribution in [-0.2, 0) is 54.4 Å². The first-order valence-electron chi connectivity index (χ1n) is 17.1. The molecule has 23 heteroatoms. The van der Waals surface area contributed by atoms with Crippen LogP contribution < -0.4 is 38.1 Å². The molecule has 310 valence electrons. The Morgan fingerprint density at radius 1 is 0.518 bits per heavy atom. The van der Waals surface area contributed by atoms with E-state index in [1.165, 1.54) is 24.3 Å². The number of carboxylic acid groups (broad SMARTS) is 5. The molecule has 0 fully saturated rings. The van der Waals surface area contributed by atoms with E-state index < -0.39 is 128 Å². The Morgan fingerprint density at radius 3 is 1.46 bits per heavy atom. The summed E-state index contributed by atoms with van der Waals surface area (Å²) in [5, 5.41) is 66.6. The van der Waals surface area contributed by atoms with Gasteiger partial charge in [-0.15, -0.1) is 0 Å². The molecule has 0 saturated carbocycles. The van der Waals surface area contributed by atoms with Gasteiger partial charge < -0.3 is 68.7 Å². The Hall–Kier alpha value is -6.36. The number of hydrogen-bond acceptors (Lipinski definition) is 13. The fraction of sp³-hybridized carbons (Fsp3) is 0.515. The van der Waals surface area contributed by atoms with Crippen LogP contribution in [-0.4, -0.2) is 133 Å². The molecular weight excluding hydrogens is 750 g/mol. The molecule has 0 heterocycles. The zero-order chi connectivity index (χ0) is 42.5. The van der Waals surface area contributed by atoms with E-state index >= 15 is 0 Å². The molecule has 15 N–H and O–H groups in total. The highest BCUT2D eigenvalue weighted by atomic mass is 16.4. The minimum Gasteiger partial charge on any atom is -0.508 e. The van der Waals surface area contributed by atoms with Crippen molar-refractivity contribution >= 4 is 59.4 Å². The Kier molecular flexibility index (Phi) is 20.5. The van der Waals surface area contributed by atoms with Gasteiger partial charge in [-0.1, -0.05) is 12.1 Å². The van der Waals surface area contributed by atoms with Crippen LogP contribution in [0, 0.1) is 0 Å². The van der Waals surface area contributed by atoms with E-state index in [1.54, 1.807) is 0 Å². The van der Waals surface area contributed by atoms with Crippen LogP contribution in [0.1, 0.15) is 63.4 Å². The second kappa shape index (κ2) is 24.1. The predicted octanol–water partition coefficient (Wildman–Crippen LogP) is -3.42. The van der Waals surface area contributed by atoms with E-state index in [4.69, 9.17) is 21.7 Å². The van der Waals surface area contributed by atoms with E-state index in [0.29, 0.717) is 12.0 Å². The van der Waals surface area contributed by atoms with Crippen molar-refractivity contribution in [3.05, 3.63) is 29.8 Å². The average molecular weight is 798 g/mol. The fourth-order valence-electron chi connectivity index (χ4n) is 4.91. The van der Waals surface area contributed by atoms with E-state index in [2.05, 4.69) is 21.3 Å². The molecular formula is C33H47N7O16. The Bertz CT molecular complexity index is 1590. The first-order chi connectivity index (χ1) is 26.2. The summed E-state index contributed by atoms with van der Waals surface area (Å²) in [6.45, 7) is 0.148. The lowest BCUT2D eigenvalue weighted by Gasteiger charge is -2.27. The summed E-state index contributed by atoms with van der Waals surface area (Å²) in [6.07, 6.45) is -4.13. The van der Waals surface area contributed by atoms with Crippen molar-refractivity contribution in [2.75, 3.05) is 6.54 Å². The molecule has 5 amide bonds. The number of nitrogens with one attached hydrogen (secondary N) is 5. The number of nitrogens with two attached hydrogens (primary N) is 2. The largest absolute Gasteiger partial charge is 0.508 e.